The topological polar surface area (TPSA) is 85.8 Å². The summed E-state index contributed by atoms with van der Waals surface area (Å²) in [5.74, 6) is 6.65. The number of carbonyl (C=O) groups is 1. The van der Waals surface area contributed by atoms with Gasteiger partial charge in [0.2, 0.25) is 11.1 Å². The number of benzene rings is 2. The van der Waals surface area contributed by atoms with Gasteiger partial charge in [-0.15, -0.1) is 10.2 Å². The molecule has 7 heteroatoms. The quantitative estimate of drug-likeness (QED) is 0.502. The molecule has 3 rings (SSSR count). The molecule has 28 heavy (non-hydrogen) atoms. The van der Waals surface area contributed by atoms with Crippen LogP contribution in [-0.2, 0) is 10.2 Å². The maximum Gasteiger partial charge on any atom is 0.237 e. The van der Waals surface area contributed by atoms with Crippen LogP contribution < -0.4 is 11.2 Å². The summed E-state index contributed by atoms with van der Waals surface area (Å²) in [5.41, 5.74) is 2.96. The van der Waals surface area contributed by atoms with Gasteiger partial charge in [-0.2, -0.15) is 0 Å². The lowest BCUT2D eigenvalue weighted by molar-refractivity contribution is -0.115. The molecule has 0 radical (unpaired) electrons. The predicted octanol–water partition coefficient (Wildman–Crippen LogP) is 4.08. The fourth-order valence-electron chi connectivity index (χ4n) is 2.65. The number of anilines is 1. The van der Waals surface area contributed by atoms with Gasteiger partial charge in [-0.05, 0) is 30.0 Å². The van der Waals surface area contributed by atoms with Crippen LogP contribution in [0.2, 0.25) is 0 Å². The van der Waals surface area contributed by atoms with Crippen LogP contribution >= 0.6 is 11.8 Å². The Morgan fingerprint density at radius 1 is 1.07 bits per heavy atom. The lowest BCUT2D eigenvalue weighted by atomic mass is 9.87. The molecule has 0 aliphatic carbocycles. The van der Waals surface area contributed by atoms with Gasteiger partial charge < -0.3 is 11.2 Å². The minimum absolute atomic E-state index is 0.0808. The number of nitrogen functional groups attached to an aromatic ring is 1. The molecular formula is C21H25N5OS. The van der Waals surface area contributed by atoms with E-state index < -0.39 is 0 Å². The second kappa shape index (κ2) is 8.06. The second-order valence-corrected chi connectivity index (χ2v) is 8.93. The molecule has 3 aromatic rings. The average molecular weight is 396 g/mol. The van der Waals surface area contributed by atoms with Crippen LogP contribution in [-0.4, -0.2) is 26.0 Å². The fourth-order valence-corrected chi connectivity index (χ4v) is 3.42. The Labute approximate surface area is 169 Å². The first-order valence-electron chi connectivity index (χ1n) is 9.09. The third kappa shape index (κ3) is 4.54. The first-order valence-corrected chi connectivity index (χ1v) is 9.97. The highest BCUT2D eigenvalue weighted by Gasteiger charge is 2.20. The van der Waals surface area contributed by atoms with Gasteiger partial charge in [0, 0.05) is 11.3 Å². The molecule has 0 bridgehead atoms. The number of hydrogen-bond donors (Lipinski definition) is 2. The molecule has 0 saturated carbocycles. The first kappa shape index (κ1) is 19.9. The minimum atomic E-state index is -0.372. The van der Waals surface area contributed by atoms with Crippen molar-refractivity contribution in [2.45, 2.75) is 43.5 Å². The number of nitrogens with one attached hydrogen (secondary N) is 1. The van der Waals surface area contributed by atoms with Crippen molar-refractivity contribution in [3.8, 4) is 11.4 Å². The number of aromatic nitrogens is 3. The molecule has 0 spiro atoms. The lowest BCUT2D eigenvalue weighted by Crippen LogP contribution is -2.23. The van der Waals surface area contributed by atoms with Crippen LogP contribution in [0.1, 0.15) is 33.3 Å². The Bertz CT molecular complexity index is 945. The SMILES string of the molecule is C[C@@H](Sc1nnc(-c2ccc(C(C)(C)C)cc2)n1N)C(=O)Nc1ccccc1. The molecule has 0 fully saturated rings. The normalized spacial score (nSPS) is 12.6. The highest BCUT2D eigenvalue weighted by atomic mass is 32.2. The third-order valence-corrected chi connectivity index (χ3v) is 5.42. The van der Waals surface area contributed by atoms with Gasteiger partial charge in [-0.25, -0.2) is 4.68 Å². The molecule has 0 unspecified atom stereocenters. The summed E-state index contributed by atoms with van der Waals surface area (Å²) < 4.78 is 1.43. The van der Waals surface area contributed by atoms with Gasteiger partial charge >= 0.3 is 0 Å². The average Bonchev–Trinajstić information content (AvgIpc) is 3.02. The van der Waals surface area contributed by atoms with E-state index in [4.69, 9.17) is 5.84 Å². The van der Waals surface area contributed by atoms with Crippen molar-refractivity contribution in [2.75, 3.05) is 11.2 Å². The monoisotopic (exact) mass is 395 g/mol. The Kier molecular flexibility index (Phi) is 5.74. The smallest absolute Gasteiger partial charge is 0.237 e. The third-order valence-electron chi connectivity index (χ3n) is 4.37. The van der Waals surface area contributed by atoms with Crippen molar-refractivity contribution in [3.05, 3.63) is 60.2 Å². The zero-order valence-corrected chi connectivity index (χ0v) is 17.3. The zero-order valence-electron chi connectivity index (χ0n) is 16.5. The van der Waals surface area contributed by atoms with E-state index in [0.717, 1.165) is 11.3 Å². The van der Waals surface area contributed by atoms with Crippen molar-refractivity contribution < 1.29 is 4.79 Å². The summed E-state index contributed by atoms with van der Waals surface area (Å²) in [6.45, 7) is 8.33. The van der Waals surface area contributed by atoms with E-state index in [9.17, 15) is 4.79 Å². The Morgan fingerprint density at radius 3 is 2.32 bits per heavy atom. The van der Waals surface area contributed by atoms with Gasteiger partial charge in [-0.3, -0.25) is 4.79 Å². The Morgan fingerprint density at radius 2 is 1.71 bits per heavy atom. The van der Waals surface area contributed by atoms with E-state index >= 15 is 0 Å². The van der Waals surface area contributed by atoms with Crippen LogP contribution in [0.4, 0.5) is 5.69 Å². The van der Waals surface area contributed by atoms with Crippen molar-refractivity contribution in [3.63, 3.8) is 0 Å². The standard InChI is InChI=1S/C21H25N5OS/c1-14(19(27)23-17-8-6-5-7-9-17)28-20-25-24-18(26(20)22)15-10-12-16(13-11-15)21(2,3)4/h5-14H,22H2,1-4H3,(H,23,27)/t14-/m1/s1. The maximum atomic E-state index is 12.4. The molecule has 0 saturated heterocycles. The zero-order chi connectivity index (χ0) is 20.3. The van der Waals surface area contributed by atoms with Crippen LogP contribution in [0.5, 0.6) is 0 Å². The van der Waals surface area contributed by atoms with E-state index in [2.05, 4.69) is 48.4 Å². The molecule has 1 amide bonds. The lowest BCUT2D eigenvalue weighted by Gasteiger charge is -2.19. The number of thioether (sulfide) groups is 1. The summed E-state index contributed by atoms with van der Waals surface area (Å²) in [7, 11) is 0. The fraction of sp³-hybridized carbons (Fsp3) is 0.286. The van der Waals surface area contributed by atoms with Crippen LogP contribution in [0.25, 0.3) is 11.4 Å². The minimum Gasteiger partial charge on any atom is -0.335 e. The van der Waals surface area contributed by atoms with Crippen LogP contribution in [0, 0.1) is 0 Å². The number of nitrogens with two attached hydrogens (primary N) is 1. The van der Waals surface area contributed by atoms with Crippen molar-refractivity contribution in [1.29, 1.82) is 0 Å². The summed E-state index contributed by atoms with van der Waals surface area (Å²) in [6, 6.07) is 17.5. The van der Waals surface area contributed by atoms with Gasteiger partial charge in [0.1, 0.15) is 0 Å². The predicted molar refractivity (Wildman–Crippen MR) is 115 cm³/mol. The van der Waals surface area contributed by atoms with Crippen molar-refractivity contribution >= 4 is 23.4 Å². The van der Waals surface area contributed by atoms with Crippen molar-refractivity contribution in [1.82, 2.24) is 14.9 Å². The van der Waals surface area contributed by atoms with E-state index in [1.165, 1.54) is 22.0 Å². The number of carbonyl (C=O) groups excluding carboxylic acids is 1. The summed E-state index contributed by atoms with van der Waals surface area (Å²) in [4.78, 5) is 12.4. The van der Waals surface area contributed by atoms with E-state index in [0.29, 0.717) is 11.0 Å². The molecule has 0 aliphatic rings. The molecule has 0 aliphatic heterocycles. The molecule has 146 valence electrons. The van der Waals surface area contributed by atoms with Crippen molar-refractivity contribution in [2.24, 2.45) is 0 Å². The summed E-state index contributed by atoms with van der Waals surface area (Å²) >= 11 is 1.27. The van der Waals surface area contributed by atoms with E-state index in [1.807, 2.05) is 49.4 Å². The second-order valence-electron chi connectivity index (χ2n) is 7.62. The molecule has 6 nitrogen and oxygen atoms in total. The summed E-state index contributed by atoms with van der Waals surface area (Å²) in [5, 5.41) is 11.4. The van der Waals surface area contributed by atoms with Gasteiger partial charge in [0.15, 0.2) is 5.82 Å². The highest BCUT2D eigenvalue weighted by molar-refractivity contribution is 8.00. The highest BCUT2D eigenvalue weighted by Crippen LogP contribution is 2.28. The number of amides is 1. The van der Waals surface area contributed by atoms with Crippen LogP contribution in [0.3, 0.4) is 0 Å². The maximum absolute atomic E-state index is 12.4. The molecule has 3 N–H and O–H groups in total. The van der Waals surface area contributed by atoms with Gasteiger partial charge in [0.25, 0.3) is 0 Å². The number of hydrogen-bond acceptors (Lipinski definition) is 5. The molecule has 1 aromatic heterocycles. The largest absolute Gasteiger partial charge is 0.335 e. The Balaban J connectivity index is 1.71. The van der Waals surface area contributed by atoms with Gasteiger partial charge in [0.05, 0.1) is 5.25 Å². The number of nitrogens with zero attached hydrogens (tertiary/aromatic N) is 3. The van der Waals surface area contributed by atoms with E-state index in [-0.39, 0.29) is 16.6 Å². The molecule has 1 heterocycles. The summed E-state index contributed by atoms with van der Waals surface area (Å²) in [6.07, 6.45) is 0. The van der Waals surface area contributed by atoms with E-state index in [1.54, 1.807) is 0 Å². The molecule has 2 aromatic carbocycles. The first-order chi connectivity index (χ1) is 13.3. The van der Waals surface area contributed by atoms with Crippen LogP contribution in [0.15, 0.2) is 59.8 Å². The number of rotatable bonds is 5. The molecular weight excluding hydrogens is 370 g/mol. The molecule has 1 atom stereocenters. The Hall–Kier alpha value is -2.80. The van der Waals surface area contributed by atoms with Gasteiger partial charge in [-0.1, -0.05) is 75.0 Å². The number of para-hydroxylation sites is 1.